The van der Waals surface area contributed by atoms with Crippen molar-refractivity contribution in [2.75, 3.05) is 0 Å². The zero-order valence-corrected chi connectivity index (χ0v) is 9.43. The molecule has 2 heteroatoms. The minimum atomic E-state index is -0.351. The van der Waals surface area contributed by atoms with Crippen molar-refractivity contribution < 1.29 is 4.29 Å². The van der Waals surface area contributed by atoms with E-state index < -0.39 is 0 Å². The lowest BCUT2D eigenvalue weighted by atomic mass is 9.82. The molecule has 1 rings (SSSR count). The van der Waals surface area contributed by atoms with Gasteiger partial charge in [-0.25, -0.2) is 0 Å². The molecule has 13 heavy (non-hydrogen) atoms. The largest absolute Gasteiger partial charge is 0.268 e. The van der Waals surface area contributed by atoms with Gasteiger partial charge in [0.05, 0.1) is 11.9 Å². The van der Waals surface area contributed by atoms with Gasteiger partial charge in [-0.15, -0.1) is 0 Å². The lowest BCUT2D eigenvalue weighted by molar-refractivity contribution is 0.113. The summed E-state index contributed by atoms with van der Waals surface area (Å²) >= 11 is 5.51. The molecule has 0 saturated carbocycles. The molecule has 0 saturated heterocycles. The van der Waals surface area contributed by atoms with Gasteiger partial charge in [0, 0.05) is 5.92 Å². The summed E-state index contributed by atoms with van der Waals surface area (Å²) in [5.41, 5.74) is 0.942. The van der Waals surface area contributed by atoms with Crippen molar-refractivity contribution in [2.24, 2.45) is 11.8 Å². The van der Waals surface area contributed by atoms with E-state index in [1.807, 2.05) is 6.92 Å². The highest BCUT2D eigenvalue weighted by molar-refractivity contribution is 6.07. The molecule has 0 N–H and O–H groups in total. The van der Waals surface area contributed by atoms with Crippen LogP contribution in [-0.4, -0.2) is 5.60 Å². The first-order chi connectivity index (χ1) is 5.99. The SMILES string of the molecule is CC(C)C1=CC(C)(OCl)C(C)C=C1. The van der Waals surface area contributed by atoms with E-state index in [1.165, 1.54) is 5.57 Å². The molecule has 0 aromatic heterocycles. The average Bonchev–Trinajstić information content (AvgIpc) is 2.09. The minimum Gasteiger partial charge on any atom is -0.268 e. The van der Waals surface area contributed by atoms with Crippen molar-refractivity contribution in [3.05, 3.63) is 23.8 Å². The van der Waals surface area contributed by atoms with Gasteiger partial charge in [0.15, 0.2) is 0 Å². The van der Waals surface area contributed by atoms with Crippen LogP contribution >= 0.6 is 11.9 Å². The molecule has 0 heterocycles. The Hall–Kier alpha value is -0.270. The van der Waals surface area contributed by atoms with E-state index in [-0.39, 0.29) is 5.60 Å². The summed E-state index contributed by atoms with van der Waals surface area (Å²) in [4.78, 5) is 0. The standard InChI is InChI=1S/C11H17ClO/c1-8(2)10-6-5-9(3)11(4,7-10)13-12/h5-9H,1-4H3. The first kappa shape index (κ1) is 10.8. The van der Waals surface area contributed by atoms with Gasteiger partial charge in [0.25, 0.3) is 0 Å². The van der Waals surface area contributed by atoms with Crippen LogP contribution in [0.4, 0.5) is 0 Å². The molecule has 1 aliphatic carbocycles. The molecule has 2 unspecified atom stereocenters. The highest BCUT2D eigenvalue weighted by atomic mass is 35.5. The predicted octanol–water partition coefficient (Wildman–Crippen LogP) is 3.70. The minimum absolute atomic E-state index is 0.326. The normalized spacial score (nSPS) is 33.7. The van der Waals surface area contributed by atoms with E-state index in [4.69, 9.17) is 16.2 Å². The van der Waals surface area contributed by atoms with Gasteiger partial charge in [0.2, 0.25) is 0 Å². The zero-order chi connectivity index (χ0) is 10.1. The molecule has 0 radical (unpaired) electrons. The summed E-state index contributed by atoms with van der Waals surface area (Å²) in [6.45, 7) is 8.45. The van der Waals surface area contributed by atoms with Gasteiger partial charge in [-0.1, -0.05) is 32.9 Å². The van der Waals surface area contributed by atoms with E-state index in [0.29, 0.717) is 11.8 Å². The van der Waals surface area contributed by atoms with E-state index >= 15 is 0 Å². The fourth-order valence-corrected chi connectivity index (χ4v) is 1.59. The lowest BCUT2D eigenvalue weighted by Crippen LogP contribution is -2.32. The Labute approximate surface area is 85.6 Å². The van der Waals surface area contributed by atoms with Crippen LogP contribution in [0, 0.1) is 11.8 Å². The van der Waals surface area contributed by atoms with Crippen LogP contribution in [0.5, 0.6) is 0 Å². The van der Waals surface area contributed by atoms with Crippen molar-refractivity contribution in [1.29, 1.82) is 0 Å². The molecule has 0 bridgehead atoms. The van der Waals surface area contributed by atoms with E-state index in [9.17, 15) is 0 Å². The summed E-state index contributed by atoms with van der Waals surface area (Å²) in [6, 6.07) is 0. The van der Waals surface area contributed by atoms with Gasteiger partial charge in [-0.2, -0.15) is 0 Å². The number of allylic oxidation sites excluding steroid dienone is 2. The smallest absolute Gasteiger partial charge is 0.111 e. The van der Waals surface area contributed by atoms with Gasteiger partial charge in [-0.3, -0.25) is 4.29 Å². The van der Waals surface area contributed by atoms with Gasteiger partial charge < -0.3 is 0 Å². The molecule has 0 aliphatic heterocycles. The first-order valence-electron chi connectivity index (χ1n) is 4.70. The molecule has 0 amide bonds. The van der Waals surface area contributed by atoms with Crippen molar-refractivity contribution >= 4 is 11.9 Å². The van der Waals surface area contributed by atoms with Crippen LogP contribution in [0.1, 0.15) is 27.7 Å². The van der Waals surface area contributed by atoms with Crippen LogP contribution < -0.4 is 0 Å². The highest BCUT2D eigenvalue weighted by Crippen LogP contribution is 2.33. The average molecular weight is 201 g/mol. The van der Waals surface area contributed by atoms with Crippen molar-refractivity contribution in [3.8, 4) is 0 Å². The Morgan fingerprint density at radius 2 is 2.15 bits per heavy atom. The first-order valence-corrected chi connectivity index (χ1v) is 5.01. The molecule has 0 spiro atoms. The third-order valence-electron chi connectivity index (χ3n) is 2.77. The summed E-state index contributed by atoms with van der Waals surface area (Å²) < 4.78 is 5.02. The van der Waals surface area contributed by atoms with Crippen molar-refractivity contribution in [2.45, 2.75) is 33.3 Å². The van der Waals surface area contributed by atoms with Crippen LogP contribution in [0.3, 0.4) is 0 Å². The Morgan fingerprint density at radius 3 is 2.62 bits per heavy atom. The van der Waals surface area contributed by atoms with E-state index in [0.717, 1.165) is 0 Å². The topological polar surface area (TPSA) is 9.23 Å². The predicted molar refractivity (Wildman–Crippen MR) is 56.6 cm³/mol. The Balaban J connectivity index is 2.93. The third kappa shape index (κ3) is 2.15. The maximum absolute atomic E-state index is 5.51. The molecule has 0 aromatic rings. The fourth-order valence-electron chi connectivity index (χ4n) is 1.41. The number of halogens is 1. The quantitative estimate of drug-likeness (QED) is 0.661. The Morgan fingerprint density at radius 1 is 1.54 bits per heavy atom. The number of hydrogen-bond acceptors (Lipinski definition) is 1. The summed E-state index contributed by atoms with van der Waals surface area (Å²) in [5, 5.41) is 0. The molecule has 1 nitrogen and oxygen atoms in total. The molecular weight excluding hydrogens is 184 g/mol. The second kappa shape index (κ2) is 3.85. The van der Waals surface area contributed by atoms with Crippen LogP contribution in [-0.2, 0) is 4.29 Å². The van der Waals surface area contributed by atoms with Gasteiger partial charge >= 0.3 is 0 Å². The van der Waals surface area contributed by atoms with Crippen molar-refractivity contribution in [3.63, 3.8) is 0 Å². The van der Waals surface area contributed by atoms with Gasteiger partial charge in [0.1, 0.15) is 5.60 Å². The van der Waals surface area contributed by atoms with Gasteiger partial charge in [-0.05, 0) is 24.5 Å². The monoisotopic (exact) mass is 200 g/mol. The number of hydrogen-bond donors (Lipinski definition) is 0. The molecule has 0 fully saturated rings. The second-order valence-electron chi connectivity index (χ2n) is 4.21. The summed E-state index contributed by atoms with van der Waals surface area (Å²) in [6.07, 6.45) is 6.43. The van der Waals surface area contributed by atoms with Crippen LogP contribution in [0.2, 0.25) is 0 Å². The summed E-state index contributed by atoms with van der Waals surface area (Å²) in [5.74, 6) is 0.849. The van der Waals surface area contributed by atoms with Crippen molar-refractivity contribution in [1.82, 2.24) is 0 Å². The maximum Gasteiger partial charge on any atom is 0.111 e. The zero-order valence-electron chi connectivity index (χ0n) is 8.67. The molecule has 2 atom stereocenters. The third-order valence-corrected chi connectivity index (χ3v) is 3.10. The van der Waals surface area contributed by atoms with Crippen LogP contribution in [0.15, 0.2) is 23.8 Å². The Kier molecular flexibility index (Phi) is 3.20. The Bertz CT molecular complexity index is 242. The summed E-state index contributed by atoms with van der Waals surface area (Å²) in [7, 11) is 0. The van der Waals surface area contributed by atoms with E-state index in [1.54, 1.807) is 0 Å². The maximum atomic E-state index is 5.51. The molecule has 1 aliphatic rings. The number of rotatable bonds is 2. The molecular formula is C11H17ClO. The highest BCUT2D eigenvalue weighted by Gasteiger charge is 2.31. The molecule has 74 valence electrons. The van der Waals surface area contributed by atoms with Crippen LogP contribution in [0.25, 0.3) is 0 Å². The van der Waals surface area contributed by atoms with E-state index in [2.05, 4.69) is 39.0 Å². The lowest BCUT2D eigenvalue weighted by Gasteiger charge is -2.32. The second-order valence-corrected chi connectivity index (χ2v) is 4.36. The molecule has 0 aromatic carbocycles. The fraction of sp³-hybridized carbons (Fsp3) is 0.636.